The average Bonchev–Trinajstić information content (AvgIpc) is 3.11. The molecule has 0 amide bonds. The maximum atomic E-state index is 12.7. The van der Waals surface area contributed by atoms with E-state index in [1.54, 1.807) is 0 Å². The number of aromatic amines is 1. The third-order valence-corrected chi connectivity index (χ3v) is 5.26. The predicted octanol–water partition coefficient (Wildman–Crippen LogP) is 0.316. The van der Waals surface area contributed by atoms with Crippen molar-refractivity contribution in [3.63, 3.8) is 0 Å². The monoisotopic (exact) mass is 411 g/mol. The number of hydrogen-bond acceptors (Lipinski definition) is 7. The minimum absolute atomic E-state index is 0.0505. The van der Waals surface area contributed by atoms with Gasteiger partial charge in [-0.2, -0.15) is 0 Å². The van der Waals surface area contributed by atoms with Gasteiger partial charge in [0.25, 0.3) is 0 Å². The first-order chi connectivity index (χ1) is 14.6. The van der Waals surface area contributed by atoms with E-state index in [0.717, 1.165) is 11.9 Å². The van der Waals surface area contributed by atoms with Gasteiger partial charge in [-0.25, -0.2) is 0 Å². The van der Waals surface area contributed by atoms with E-state index in [-0.39, 0.29) is 34.3 Å². The standard InChI is InChI=1S/C21H25N5O4/c22-6-1-10-26-13-3-2-12(24-8-7-23-9-11-27)16-17(13)20(25-26)18-14(28)4-5-15(29)19(18)21(16)30/h2-5,23,25,27,29-30H,1,6-11,22H2. The maximum Gasteiger partial charge on any atom is 0.189 e. The molecule has 0 saturated heterocycles. The molecule has 158 valence electrons. The van der Waals surface area contributed by atoms with Crippen molar-refractivity contribution in [3.05, 3.63) is 39.8 Å². The number of benzene rings is 3. The van der Waals surface area contributed by atoms with Gasteiger partial charge in [0.1, 0.15) is 11.5 Å². The zero-order valence-corrected chi connectivity index (χ0v) is 16.5. The molecule has 0 spiro atoms. The van der Waals surface area contributed by atoms with Gasteiger partial charge in [0, 0.05) is 25.0 Å². The molecule has 9 heteroatoms. The summed E-state index contributed by atoms with van der Waals surface area (Å²) in [6.45, 7) is 2.69. The molecule has 0 fully saturated rings. The second-order valence-corrected chi connectivity index (χ2v) is 7.17. The van der Waals surface area contributed by atoms with E-state index in [9.17, 15) is 15.0 Å². The molecule has 0 atom stereocenters. The van der Waals surface area contributed by atoms with Gasteiger partial charge in [0.05, 0.1) is 45.7 Å². The Labute approximate surface area is 171 Å². The second kappa shape index (κ2) is 8.31. The average molecular weight is 411 g/mol. The van der Waals surface area contributed by atoms with E-state index in [4.69, 9.17) is 10.8 Å². The lowest BCUT2D eigenvalue weighted by molar-refractivity contribution is 0.293. The van der Waals surface area contributed by atoms with Crippen LogP contribution in [0.3, 0.4) is 0 Å². The first kappa shape index (κ1) is 20.1. The first-order valence-electron chi connectivity index (χ1n) is 9.96. The van der Waals surface area contributed by atoms with Gasteiger partial charge in [-0.1, -0.05) is 0 Å². The predicted molar refractivity (Wildman–Crippen MR) is 116 cm³/mol. The first-order valence-corrected chi connectivity index (χ1v) is 9.96. The number of aryl methyl sites for hydroxylation is 1. The Morgan fingerprint density at radius 1 is 1.07 bits per heavy atom. The number of aromatic nitrogens is 2. The number of aliphatic hydroxyl groups excluding tert-OH is 1. The number of H-pyrrole nitrogens is 1. The molecule has 0 aliphatic heterocycles. The van der Waals surface area contributed by atoms with E-state index in [0.29, 0.717) is 54.4 Å². The lowest BCUT2D eigenvalue weighted by Crippen LogP contribution is -2.22. The Morgan fingerprint density at radius 2 is 1.90 bits per heavy atom. The Hall–Kier alpha value is -3.14. The number of nitrogens with one attached hydrogen (secondary N) is 2. The molecule has 3 aromatic carbocycles. The summed E-state index contributed by atoms with van der Waals surface area (Å²) in [6.07, 6.45) is 0.741. The van der Waals surface area contributed by atoms with Crippen molar-refractivity contribution in [2.24, 2.45) is 10.7 Å². The van der Waals surface area contributed by atoms with Crippen LogP contribution in [0.5, 0.6) is 11.5 Å². The van der Waals surface area contributed by atoms with Crippen molar-refractivity contribution in [2.75, 3.05) is 32.8 Å². The molecular weight excluding hydrogens is 386 g/mol. The largest absolute Gasteiger partial charge is 0.507 e. The molecule has 0 unspecified atom stereocenters. The summed E-state index contributed by atoms with van der Waals surface area (Å²) in [4.78, 5) is 17.2. The van der Waals surface area contributed by atoms with Crippen molar-refractivity contribution >= 4 is 32.6 Å². The van der Waals surface area contributed by atoms with Crippen LogP contribution in [0.1, 0.15) is 6.42 Å². The zero-order valence-electron chi connectivity index (χ0n) is 16.5. The van der Waals surface area contributed by atoms with Gasteiger partial charge < -0.3 is 26.4 Å². The van der Waals surface area contributed by atoms with E-state index in [2.05, 4.69) is 15.4 Å². The number of nitrogens with zero attached hydrogens (tertiary/aromatic N) is 2. The molecule has 1 aromatic heterocycles. The lowest BCUT2D eigenvalue weighted by atomic mass is 9.99. The Morgan fingerprint density at radius 3 is 2.67 bits per heavy atom. The number of nitrogens with two attached hydrogens (primary N) is 1. The van der Waals surface area contributed by atoms with Crippen molar-refractivity contribution in [2.45, 2.75) is 13.0 Å². The fraction of sp³-hybridized carbons (Fsp3) is 0.333. The van der Waals surface area contributed by atoms with Gasteiger partial charge in [-0.15, -0.1) is 0 Å². The number of aromatic hydroxyl groups is 2. The summed E-state index contributed by atoms with van der Waals surface area (Å²) >= 11 is 0. The van der Waals surface area contributed by atoms with Crippen molar-refractivity contribution in [3.8, 4) is 11.5 Å². The molecule has 1 heterocycles. The number of fused-ring (bicyclic) bond motifs is 2. The smallest absolute Gasteiger partial charge is 0.189 e. The summed E-state index contributed by atoms with van der Waals surface area (Å²) in [6, 6.07) is 6.31. The number of phenolic OH excluding ortho intramolecular Hbond substituents is 2. The van der Waals surface area contributed by atoms with Crippen LogP contribution in [0.15, 0.2) is 34.1 Å². The number of rotatable bonds is 8. The highest BCUT2D eigenvalue weighted by molar-refractivity contribution is 6.23. The van der Waals surface area contributed by atoms with Crippen LogP contribution < -0.4 is 21.8 Å². The van der Waals surface area contributed by atoms with E-state index in [1.807, 2.05) is 16.8 Å². The van der Waals surface area contributed by atoms with Gasteiger partial charge in [-0.05, 0) is 37.2 Å². The van der Waals surface area contributed by atoms with Crippen LogP contribution in [0, 0.1) is 0 Å². The minimum Gasteiger partial charge on any atom is -0.507 e. The molecule has 30 heavy (non-hydrogen) atoms. The third-order valence-electron chi connectivity index (χ3n) is 5.26. The molecule has 4 aromatic rings. The summed E-state index contributed by atoms with van der Waals surface area (Å²) in [7, 11) is 0. The number of phenols is 2. The van der Waals surface area contributed by atoms with E-state index < -0.39 is 0 Å². The topological polar surface area (TPSA) is 149 Å². The van der Waals surface area contributed by atoms with Crippen LogP contribution in [-0.2, 0) is 6.54 Å². The Kier molecular flexibility index (Phi) is 5.58. The van der Waals surface area contributed by atoms with E-state index in [1.165, 1.54) is 12.1 Å². The van der Waals surface area contributed by atoms with Crippen LogP contribution in [0.25, 0.3) is 32.6 Å². The van der Waals surface area contributed by atoms with Crippen molar-refractivity contribution in [1.82, 2.24) is 15.1 Å². The fourth-order valence-electron chi connectivity index (χ4n) is 3.93. The van der Waals surface area contributed by atoms with Crippen molar-refractivity contribution in [1.29, 1.82) is 0 Å². The van der Waals surface area contributed by atoms with Crippen LogP contribution in [0.4, 0.5) is 0 Å². The van der Waals surface area contributed by atoms with Gasteiger partial charge in [0.2, 0.25) is 0 Å². The third kappa shape index (κ3) is 3.26. The normalized spacial score (nSPS) is 12.7. The fourth-order valence-corrected chi connectivity index (χ4v) is 3.93. The van der Waals surface area contributed by atoms with Crippen molar-refractivity contribution < 1.29 is 15.3 Å². The molecule has 0 saturated carbocycles. The second-order valence-electron chi connectivity index (χ2n) is 7.17. The van der Waals surface area contributed by atoms with Gasteiger partial charge >= 0.3 is 0 Å². The quantitative estimate of drug-likeness (QED) is 0.182. The van der Waals surface area contributed by atoms with Gasteiger partial charge in [0.15, 0.2) is 5.43 Å². The highest BCUT2D eigenvalue weighted by Crippen LogP contribution is 2.41. The molecule has 9 nitrogen and oxygen atoms in total. The molecule has 7 N–H and O–H groups in total. The van der Waals surface area contributed by atoms with Gasteiger partial charge in [-0.3, -0.25) is 19.6 Å². The maximum absolute atomic E-state index is 12.7. The molecule has 0 bridgehead atoms. The molecular formula is C21H25N5O4. The molecule has 4 rings (SSSR count). The number of aliphatic hydroxyl groups is 1. The molecule has 0 aliphatic carbocycles. The summed E-state index contributed by atoms with van der Waals surface area (Å²) < 4.78 is 1.90. The molecule has 0 aliphatic rings. The summed E-state index contributed by atoms with van der Waals surface area (Å²) in [5, 5.41) is 38.8. The minimum atomic E-state index is -0.287. The zero-order chi connectivity index (χ0) is 21.3. The Balaban J connectivity index is 2.05. The molecule has 0 radical (unpaired) electrons. The van der Waals surface area contributed by atoms with E-state index >= 15 is 0 Å². The SMILES string of the molecule is NCCCn1[nH]c2c3c(=O)ccc(O)c3c(O)c3c(=NCCNCCO)ccc1c32. The van der Waals surface area contributed by atoms with Crippen LogP contribution >= 0.6 is 0 Å². The highest BCUT2D eigenvalue weighted by Gasteiger charge is 2.21. The lowest BCUT2D eigenvalue weighted by Gasteiger charge is -2.09. The number of hydrogen-bond donors (Lipinski definition) is 6. The van der Waals surface area contributed by atoms with Crippen LogP contribution in [-0.4, -0.2) is 57.9 Å². The highest BCUT2D eigenvalue weighted by atomic mass is 16.3. The summed E-state index contributed by atoms with van der Waals surface area (Å²) in [5.74, 6) is -0.325. The summed E-state index contributed by atoms with van der Waals surface area (Å²) in [5.41, 5.74) is 6.76. The van der Waals surface area contributed by atoms with Crippen LogP contribution in [0.2, 0.25) is 0 Å². The Bertz CT molecular complexity index is 1320.